The number of aryl methyl sites for hydroxylation is 2. The van der Waals surface area contributed by atoms with Crippen molar-refractivity contribution in [3.05, 3.63) is 95.4 Å². The van der Waals surface area contributed by atoms with Crippen LogP contribution >= 0.6 is 11.6 Å². The summed E-state index contributed by atoms with van der Waals surface area (Å²) in [6, 6.07) is 5.81. The molecular formula is C28H32ClNO3. The third-order valence-electron chi connectivity index (χ3n) is 5.86. The fourth-order valence-corrected chi connectivity index (χ4v) is 4.19. The maximum absolute atomic E-state index is 12.4. The highest BCUT2D eigenvalue weighted by molar-refractivity contribution is 6.31. The highest BCUT2D eigenvalue weighted by Crippen LogP contribution is 2.26. The van der Waals surface area contributed by atoms with Crippen LogP contribution in [-0.4, -0.2) is 16.9 Å². The second-order valence-electron chi connectivity index (χ2n) is 8.31. The van der Waals surface area contributed by atoms with E-state index >= 15 is 0 Å². The summed E-state index contributed by atoms with van der Waals surface area (Å²) in [5.41, 5.74) is 3.17. The molecule has 2 aromatic rings. The van der Waals surface area contributed by atoms with Crippen molar-refractivity contribution in [3.8, 4) is 0 Å². The molecule has 33 heavy (non-hydrogen) atoms. The quantitative estimate of drug-likeness (QED) is 0.155. The van der Waals surface area contributed by atoms with Crippen LogP contribution in [-0.2, 0) is 11.2 Å². The minimum absolute atomic E-state index is 0.0676. The van der Waals surface area contributed by atoms with E-state index in [9.17, 15) is 4.79 Å². The predicted octanol–water partition coefficient (Wildman–Crippen LogP) is 7.83. The Balaban J connectivity index is 1.72. The van der Waals surface area contributed by atoms with Gasteiger partial charge in [-0.05, 0) is 73.1 Å². The number of hydrogen-bond acceptors (Lipinski definition) is 4. The number of oxazole rings is 1. The summed E-state index contributed by atoms with van der Waals surface area (Å²) in [7, 11) is 0. The zero-order valence-electron chi connectivity index (χ0n) is 19.3. The van der Waals surface area contributed by atoms with Gasteiger partial charge in [-0.25, -0.2) is 4.98 Å². The Bertz CT molecular complexity index is 1040. The van der Waals surface area contributed by atoms with E-state index < -0.39 is 0 Å². The first-order chi connectivity index (χ1) is 16.0. The number of hydrogen-bond donors (Lipinski definition) is 0. The summed E-state index contributed by atoms with van der Waals surface area (Å²) in [5.74, 6) is 1.18. The van der Waals surface area contributed by atoms with Crippen LogP contribution in [0.5, 0.6) is 0 Å². The van der Waals surface area contributed by atoms with Gasteiger partial charge >= 0.3 is 0 Å². The molecule has 0 aliphatic heterocycles. The molecule has 5 heteroatoms. The van der Waals surface area contributed by atoms with Crippen LogP contribution in [0.1, 0.15) is 72.5 Å². The Morgan fingerprint density at radius 2 is 1.94 bits per heavy atom. The van der Waals surface area contributed by atoms with Gasteiger partial charge in [0.2, 0.25) is 0 Å². The van der Waals surface area contributed by atoms with Crippen molar-refractivity contribution in [1.29, 1.82) is 0 Å². The fourth-order valence-electron chi connectivity index (χ4n) is 3.98. The molecule has 0 radical (unpaired) electrons. The SMILES string of the molecule is C=C/C(=C\C=C(/C=C)c1ccc(Cl)c(CCC(=O)c2coc(C)n2)c1)OC1CCCCCC1. The number of allylic oxidation sites excluding steroid dienone is 5. The average Bonchev–Trinajstić information content (AvgIpc) is 3.09. The Morgan fingerprint density at radius 3 is 2.58 bits per heavy atom. The minimum atomic E-state index is -0.0676. The van der Waals surface area contributed by atoms with Gasteiger partial charge in [-0.2, -0.15) is 0 Å². The van der Waals surface area contributed by atoms with Crippen molar-refractivity contribution < 1.29 is 13.9 Å². The van der Waals surface area contributed by atoms with Crippen molar-refractivity contribution in [1.82, 2.24) is 4.98 Å². The summed E-state index contributed by atoms with van der Waals surface area (Å²) in [6.45, 7) is 9.59. The van der Waals surface area contributed by atoms with E-state index in [4.69, 9.17) is 20.8 Å². The molecule has 1 aromatic carbocycles. The van der Waals surface area contributed by atoms with Gasteiger partial charge in [-0.3, -0.25) is 4.79 Å². The largest absolute Gasteiger partial charge is 0.490 e. The molecule has 174 valence electrons. The second kappa shape index (κ2) is 12.4. The molecule has 4 nitrogen and oxygen atoms in total. The van der Waals surface area contributed by atoms with E-state index in [0.29, 0.717) is 29.4 Å². The fraction of sp³-hybridized carbons (Fsp3) is 0.357. The van der Waals surface area contributed by atoms with Gasteiger partial charge in [0.25, 0.3) is 0 Å². The van der Waals surface area contributed by atoms with Crippen LogP contribution < -0.4 is 0 Å². The highest BCUT2D eigenvalue weighted by atomic mass is 35.5. The lowest BCUT2D eigenvalue weighted by Gasteiger charge is -2.17. The molecule has 1 aliphatic rings. The number of Topliss-reactive ketones (excluding diaryl/α,β-unsaturated/α-hetero) is 1. The van der Waals surface area contributed by atoms with Gasteiger partial charge in [0.05, 0.1) is 6.10 Å². The highest BCUT2D eigenvalue weighted by Gasteiger charge is 2.14. The molecule has 1 aliphatic carbocycles. The standard InChI is InChI=1S/C28H32ClNO3/c1-4-21(12-15-24(5-2)33-25-10-8-6-7-9-11-25)22-13-16-26(29)23(18-22)14-17-28(31)27-19-32-20(3)30-27/h4-5,12-13,15-16,18-19,25H,1-2,6-11,14,17H2,3H3/b21-12+,24-15+. The molecule has 0 bridgehead atoms. The Labute approximate surface area is 201 Å². The summed E-state index contributed by atoms with van der Waals surface area (Å²) in [4.78, 5) is 16.5. The van der Waals surface area contributed by atoms with Crippen LogP contribution in [0.4, 0.5) is 0 Å². The number of benzene rings is 1. The van der Waals surface area contributed by atoms with E-state index in [2.05, 4.69) is 18.1 Å². The van der Waals surface area contributed by atoms with E-state index in [1.165, 1.54) is 31.9 Å². The van der Waals surface area contributed by atoms with Crippen molar-refractivity contribution in [2.24, 2.45) is 0 Å². The maximum Gasteiger partial charge on any atom is 0.191 e. The van der Waals surface area contributed by atoms with Crippen molar-refractivity contribution >= 4 is 23.0 Å². The first kappa shape index (κ1) is 24.8. The number of halogens is 1. The second-order valence-corrected chi connectivity index (χ2v) is 8.72. The number of nitrogens with zero attached hydrogens (tertiary/aromatic N) is 1. The lowest BCUT2D eigenvalue weighted by Crippen LogP contribution is -2.10. The summed E-state index contributed by atoms with van der Waals surface area (Å²) in [6.07, 6.45) is 17.2. The van der Waals surface area contributed by atoms with Gasteiger partial charge < -0.3 is 9.15 Å². The van der Waals surface area contributed by atoms with Crippen LogP contribution in [0.2, 0.25) is 5.02 Å². The number of ketones is 1. The molecule has 0 N–H and O–H groups in total. The maximum atomic E-state index is 12.4. The minimum Gasteiger partial charge on any atom is -0.490 e. The topological polar surface area (TPSA) is 52.3 Å². The lowest BCUT2D eigenvalue weighted by molar-refractivity contribution is 0.0978. The molecule has 0 saturated heterocycles. The predicted molar refractivity (Wildman–Crippen MR) is 134 cm³/mol. The molecule has 3 rings (SSSR count). The van der Waals surface area contributed by atoms with E-state index in [0.717, 1.165) is 35.3 Å². The van der Waals surface area contributed by atoms with Crippen LogP contribution in [0.25, 0.3) is 5.57 Å². The molecule has 1 heterocycles. The monoisotopic (exact) mass is 465 g/mol. The first-order valence-electron chi connectivity index (χ1n) is 11.6. The van der Waals surface area contributed by atoms with Gasteiger partial charge in [0.15, 0.2) is 11.7 Å². The number of rotatable bonds is 10. The third kappa shape index (κ3) is 7.33. The Kier molecular flexibility index (Phi) is 9.32. The van der Waals surface area contributed by atoms with E-state index in [-0.39, 0.29) is 11.9 Å². The Morgan fingerprint density at radius 1 is 1.18 bits per heavy atom. The molecule has 1 aromatic heterocycles. The van der Waals surface area contributed by atoms with E-state index in [1.807, 2.05) is 30.4 Å². The first-order valence-corrected chi connectivity index (χ1v) is 12.0. The van der Waals surface area contributed by atoms with Gasteiger partial charge in [0, 0.05) is 18.4 Å². The molecule has 0 spiro atoms. The van der Waals surface area contributed by atoms with Crippen LogP contribution in [0.15, 0.2) is 72.1 Å². The number of carbonyl (C=O) groups excluding carboxylic acids is 1. The number of aromatic nitrogens is 1. The summed E-state index contributed by atoms with van der Waals surface area (Å²) in [5, 5.41) is 0.630. The normalized spacial score (nSPS) is 15.7. The third-order valence-corrected chi connectivity index (χ3v) is 6.23. The van der Waals surface area contributed by atoms with Crippen LogP contribution in [0, 0.1) is 6.92 Å². The summed E-state index contributed by atoms with van der Waals surface area (Å²) >= 11 is 6.41. The molecule has 1 fully saturated rings. The zero-order chi connectivity index (χ0) is 23.6. The molecular weight excluding hydrogens is 434 g/mol. The van der Waals surface area contributed by atoms with E-state index in [1.54, 1.807) is 19.1 Å². The molecule has 0 amide bonds. The molecule has 0 atom stereocenters. The lowest BCUT2D eigenvalue weighted by atomic mass is 9.99. The van der Waals surface area contributed by atoms with Crippen molar-refractivity contribution in [2.45, 2.75) is 64.4 Å². The summed E-state index contributed by atoms with van der Waals surface area (Å²) < 4.78 is 11.3. The van der Waals surface area contributed by atoms with Crippen molar-refractivity contribution in [3.63, 3.8) is 0 Å². The molecule has 0 unspecified atom stereocenters. The molecule has 1 saturated carbocycles. The van der Waals surface area contributed by atoms with Crippen molar-refractivity contribution in [2.75, 3.05) is 0 Å². The Hall–Kier alpha value is -2.85. The zero-order valence-corrected chi connectivity index (χ0v) is 20.1. The number of ether oxygens (including phenoxy) is 1. The average molecular weight is 466 g/mol. The smallest absolute Gasteiger partial charge is 0.191 e. The van der Waals surface area contributed by atoms with Gasteiger partial charge in [0.1, 0.15) is 17.7 Å². The van der Waals surface area contributed by atoms with Gasteiger partial charge in [-0.15, -0.1) is 0 Å². The number of carbonyl (C=O) groups is 1. The van der Waals surface area contributed by atoms with Gasteiger partial charge in [-0.1, -0.05) is 55.8 Å². The van der Waals surface area contributed by atoms with Crippen LogP contribution in [0.3, 0.4) is 0 Å².